The monoisotopic (exact) mass is 266 g/mol. The minimum atomic E-state index is 0.0789. The minimum Gasteiger partial charge on any atom is -0.336 e. The topological polar surface area (TPSA) is 32.3 Å². The number of nitrogens with one attached hydrogen (secondary N) is 1. The van der Waals surface area contributed by atoms with Gasteiger partial charge in [0.05, 0.1) is 0 Å². The fraction of sp³-hybridized carbons (Fsp3) is 0.500. The summed E-state index contributed by atoms with van der Waals surface area (Å²) in [6.45, 7) is 7.58. The van der Waals surface area contributed by atoms with E-state index in [9.17, 15) is 4.79 Å². The van der Waals surface area contributed by atoms with Gasteiger partial charge in [-0.25, -0.2) is 0 Å². The first-order valence-electron chi connectivity index (χ1n) is 6.29. The summed E-state index contributed by atoms with van der Waals surface area (Å²) >= 11 is 6.07. The number of nitrogens with zero attached hydrogens (tertiary/aromatic N) is 1. The van der Waals surface area contributed by atoms with Gasteiger partial charge in [0.2, 0.25) is 0 Å². The van der Waals surface area contributed by atoms with Crippen molar-refractivity contribution in [2.45, 2.75) is 32.9 Å². The molecule has 2 unspecified atom stereocenters. The standard InChI is InChI=1S/C14H19ClN2O/c1-9-7-17(8-10(2)16-9)14(18)12-5-4-6-13(15)11(12)3/h4-6,9-10,16H,7-8H2,1-3H3. The molecule has 0 radical (unpaired) electrons. The summed E-state index contributed by atoms with van der Waals surface area (Å²) in [6, 6.07) is 6.16. The number of piperazine rings is 1. The van der Waals surface area contributed by atoms with Crippen molar-refractivity contribution in [1.29, 1.82) is 0 Å². The number of rotatable bonds is 1. The molecule has 98 valence electrons. The average molecular weight is 267 g/mol. The molecular weight excluding hydrogens is 248 g/mol. The molecule has 1 aliphatic rings. The van der Waals surface area contributed by atoms with E-state index < -0.39 is 0 Å². The van der Waals surface area contributed by atoms with Gasteiger partial charge in [0.15, 0.2) is 0 Å². The second kappa shape index (κ2) is 5.29. The molecule has 1 aromatic carbocycles. The Morgan fingerprint density at radius 1 is 1.33 bits per heavy atom. The van der Waals surface area contributed by atoms with Crippen LogP contribution in [0.3, 0.4) is 0 Å². The molecule has 1 aromatic rings. The van der Waals surface area contributed by atoms with Gasteiger partial charge in [0.1, 0.15) is 0 Å². The Hall–Kier alpha value is -1.06. The Morgan fingerprint density at radius 3 is 2.56 bits per heavy atom. The second-order valence-electron chi connectivity index (χ2n) is 5.09. The van der Waals surface area contributed by atoms with Crippen LogP contribution in [0.5, 0.6) is 0 Å². The Morgan fingerprint density at radius 2 is 1.94 bits per heavy atom. The highest BCUT2D eigenvalue weighted by Gasteiger charge is 2.26. The van der Waals surface area contributed by atoms with Gasteiger partial charge in [0, 0.05) is 35.8 Å². The van der Waals surface area contributed by atoms with Crippen LogP contribution in [0, 0.1) is 6.92 Å². The van der Waals surface area contributed by atoms with Gasteiger partial charge in [-0.1, -0.05) is 17.7 Å². The number of carbonyl (C=O) groups is 1. The summed E-state index contributed by atoms with van der Waals surface area (Å²) < 4.78 is 0. The van der Waals surface area contributed by atoms with E-state index in [1.165, 1.54) is 0 Å². The third-order valence-corrected chi connectivity index (χ3v) is 3.75. The molecule has 4 heteroatoms. The van der Waals surface area contributed by atoms with E-state index in [0.717, 1.165) is 18.7 Å². The van der Waals surface area contributed by atoms with Crippen LogP contribution in [0.2, 0.25) is 5.02 Å². The first kappa shape index (κ1) is 13.4. The van der Waals surface area contributed by atoms with Gasteiger partial charge in [-0.05, 0) is 38.5 Å². The predicted octanol–water partition coefficient (Wildman–Crippen LogP) is 2.47. The summed E-state index contributed by atoms with van der Waals surface area (Å²) in [5.74, 6) is 0.0789. The zero-order valence-electron chi connectivity index (χ0n) is 11.0. The first-order valence-corrected chi connectivity index (χ1v) is 6.67. The fourth-order valence-corrected chi connectivity index (χ4v) is 2.68. The molecule has 2 atom stereocenters. The van der Waals surface area contributed by atoms with Crippen molar-refractivity contribution in [2.24, 2.45) is 0 Å². The van der Waals surface area contributed by atoms with Crippen molar-refractivity contribution in [3.8, 4) is 0 Å². The van der Waals surface area contributed by atoms with Crippen LogP contribution >= 0.6 is 11.6 Å². The lowest BCUT2D eigenvalue weighted by molar-refractivity contribution is 0.0673. The van der Waals surface area contributed by atoms with Crippen molar-refractivity contribution >= 4 is 17.5 Å². The summed E-state index contributed by atoms with van der Waals surface area (Å²) in [5.41, 5.74) is 1.58. The number of benzene rings is 1. The third-order valence-electron chi connectivity index (χ3n) is 3.34. The maximum absolute atomic E-state index is 12.5. The van der Waals surface area contributed by atoms with Crippen LogP contribution in [0.25, 0.3) is 0 Å². The molecule has 1 saturated heterocycles. The van der Waals surface area contributed by atoms with Crippen molar-refractivity contribution in [3.63, 3.8) is 0 Å². The average Bonchev–Trinajstić information content (AvgIpc) is 2.30. The van der Waals surface area contributed by atoms with Crippen LogP contribution in [-0.4, -0.2) is 36.0 Å². The Bertz CT molecular complexity index is 451. The fourth-order valence-electron chi connectivity index (χ4n) is 2.50. The van der Waals surface area contributed by atoms with Gasteiger partial charge in [0.25, 0.3) is 5.91 Å². The molecule has 0 saturated carbocycles. The predicted molar refractivity (Wildman–Crippen MR) is 74.2 cm³/mol. The Kier molecular flexibility index (Phi) is 3.93. The molecule has 1 aliphatic heterocycles. The van der Waals surface area contributed by atoms with E-state index in [2.05, 4.69) is 19.2 Å². The van der Waals surface area contributed by atoms with E-state index >= 15 is 0 Å². The second-order valence-corrected chi connectivity index (χ2v) is 5.50. The third kappa shape index (κ3) is 2.68. The molecule has 1 amide bonds. The molecule has 18 heavy (non-hydrogen) atoms. The SMILES string of the molecule is Cc1c(Cl)cccc1C(=O)N1CC(C)NC(C)C1. The van der Waals surface area contributed by atoms with E-state index in [0.29, 0.717) is 22.7 Å². The smallest absolute Gasteiger partial charge is 0.254 e. The van der Waals surface area contributed by atoms with Gasteiger partial charge in [-0.2, -0.15) is 0 Å². The van der Waals surface area contributed by atoms with E-state index in [-0.39, 0.29) is 5.91 Å². The molecule has 1 N–H and O–H groups in total. The minimum absolute atomic E-state index is 0.0789. The van der Waals surface area contributed by atoms with Crippen LogP contribution in [0.4, 0.5) is 0 Å². The lowest BCUT2D eigenvalue weighted by Gasteiger charge is -2.36. The molecule has 0 spiro atoms. The number of hydrogen-bond donors (Lipinski definition) is 1. The zero-order chi connectivity index (χ0) is 13.3. The largest absolute Gasteiger partial charge is 0.336 e. The highest BCUT2D eigenvalue weighted by Crippen LogP contribution is 2.21. The maximum Gasteiger partial charge on any atom is 0.254 e. The summed E-state index contributed by atoms with van der Waals surface area (Å²) in [7, 11) is 0. The van der Waals surface area contributed by atoms with Gasteiger partial charge in [-0.15, -0.1) is 0 Å². The van der Waals surface area contributed by atoms with Crippen molar-refractivity contribution in [2.75, 3.05) is 13.1 Å². The molecule has 0 bridgehead atoms. The van der Waals surface area contributed by atoms with E-state index in [4.69, 9.17) is 11.6 Å². The normalized spacial score (nSPS) is 24.1. The highest BCUT2D eigenvalue weighted by atomic mass is 35.5. The molecule has 1 fully saturated rings. The summed E-state index contributed by atoms with van der Waals surface area (Å²) in [5, 5.41) is 4.07. The number of halogens is 1. The van der Waals surface area contributed by atoms with Crippen molar-refractivity contribution in [3.05, 3.63) is 34.3 Å². The van der Waals surface area contributed by atoms with Gasteiger partial charge >= 0.3 is 0 Å². The van der Waals surface area contributed by atoms with Crippen LogP contribution in [0.15, 0.2) is 18.2 Å². The number of carbonyl (C=O) groups excluding carboxylic acids is 1. The first-order chi connectivity index (χ1) is 8.49. The van der Waals surface area contributed by atoms with Crippen molar-refractivity contribution < 1.29 is 4.79 Å². The molecule has 3 nitrogen and oxygen atoms in total. The Balaban J connectivity index is 2.23. The molecular formula is C14H19ClN2O. The zero-order valence-corrected chi connectivity index (χ0v) is 11.8. The molecule has 2 rings (SSSR count). The summed E-state index contributed by atoms with van der Waals surface area (Å²) in [6.07, 6.45) is 0. The van der Waals surface area contributed by atoms with Crippen LogP contribution < -0.4 is 5.32 Å². The van der Waals surface area contributed by atoms with Gasteiger partial charge < -0.3 is 10.2 Å². The van der Waals surface area contributed by atoms with Gasteiger partial charge in [-0.3, -0.25) is 4.79 Å². The number of amides is 1. The van der Waals surface area contributed by atoms with Crippen molar-refractivity contribution in [1.82, 2.24) is 10.2 Å². The Labute approximate surface area is 113 Å². The quantitative estimate of drug-likeness (QED) is 0.847. The van der Waals surface area contributed by atoms with E-state index in [1.54, 1.807) is 0 Å². The molecule has 0 aliphatic carbocycles. The molecule has 1 heterocycles. The lowest BCUT2D eigenvalue weighted by Crippen LogP contribution is -2.55. The van der Waals surface area contributed by atoms with Crippen LogP contribution in [0.1, 0.15) is 29.8 Å². The van der Waals surface area contributed by atoms with Crippen LogP contribution in [-0.2, 0) is 0 Å². The van der Waals surface area contributed by atoms with E-state index in [1.807, 2.05) is 30.0 Å². The molecule has 0 aromatic heterocycles. The summed E-state index contributed by atoms with van der Waals surface area (Å²) in [4.78, 5) is 14.4. The number of hydrogen-bond acceptors (Lipinski definition) is 2. The lowest BCUT2D eigenvalue weighted by atomic mass is 10.1. The maximum atomic E-state index is 12.5. The highest BCUT2D eigenvalue weighted by molar-refractivity contribution is 6.31.